The third-order valence-electron chi connectivity index (χ3n) is 9.37. The van der Waals surface area contributed by atoms with Gasteiger partial charge in [-0.05, 0) is 86.6 Å². The second-order valence-corrected chi connectivity index (χ2v) is 23.4. The monoisotopic (exact) mass is 1090 g/mol. The summed E-state index contributed by atoms with van der Waals surface area (Å²) in [4.78, 5) is -2.36. The van der Waals surface area contributed by atoms with Gasteiger partial charge in [0.15, 0.2) is 31.0 Å². The second kappa shape index (κ2) is 19.8. The molecule has 70 heavy (non-hydrogen) atoms. The van der Waals surface area contributed by atoms with E-state index in [0.717, 1.165) is 70.0 Å². The van der Waals surface area contributed by atoms with Crippen molar-refractivity contribution in [3.05, 3.63) is 96.3 Å². The van der Waals surface area contributed by atoms with Gasteiger partial charge < -0.3 is 10.2 Å². The molecule has 0 aliphatic carbocycles. The average molecular weight is 1090 g/mol. The summed E-state index contributed by atoms with van der Waals surface area (Å²) in [6.07, 6.45) is 0. The number of azo groups is 2. The van der Waals surface area contributed by atoms with Crippen molar-refractivity contribution in [3.63, 3.8) is 0 Å². The van der Waals surface area contributed by atoms with Crippen LogP contribution >= 0.6 is 0 Å². The molecule has 0 amide bonds. The maximum absolute atomic E-state index is 12.7. The summed E-state index contributed by atoms with van der Waals surface area (Å²) >= 11 is 0. The minimum atomic E-state index is -5.20. The van der Waals surface area contributed by atoms with Crippen molar-refractivity contribution < 1.29 is 87.3 Å². The van der Waals surface area contributed by atoms with Crippen molar-refractivity contribution in [1.82, 2.24) is 19.6 Å². The lowest BCUT2D eigenvalue weighted by Crippen LogP contribution is -2.15. The van der Waals surface area contributed by atoms with Gasteiger partial charge in [0.25, 0.3) is 20.2 Å². The van der Waals surface area contributed by atoms with E-state index in [1.54, 1.807) is 0 Å². The lowest BCUT2D eigenvalue weighted by Gasteiger charge is -2.12. The standard InChI is InChI=1S/C36H34N8O20S6/c1-21-33(35(45)43(41-21)25-5-9-27(10-6-25)65(47,48)17-15-63-69(57,58)59)39-37-23-3-13-29(31(19-23)67(51,52)53)30-14-4-24(20-32(30)68(54,55)56)38-40-34-22(2)42-44(36(34)46)26-7-11-28(12-8-26)66(49,50)18-16-64-70(60,61)62/h3-14,19-20,45-46H,15-18H2,1-2H3,(H,51,52,53)(H,54,55,56)(H,57,58,59)(H,60,61,62)/b39-37+,40-38+. The molecule has 6 rings (SSSR count). The van der Waals surface area contributed by atoms with Crippen molar-refractivity contribution in [2.45, 2.75) is 33.4 Å². The number of benzene rings is 4. The molecule has 0 aliphatic heterocycles. The summed E-state index contributed by atoms with van der Waals surface area (Å²) in [5.41, 5.74) is -1.59. The highest BCUT2D eigenvalue weighted by Gasteiger charge is 2.26. The molecule has 6 aromatic rings. The largest absolute Gasteiger partial charge is 0.492 e. The number of aromatic hydroxyl groups is 2. The quantitative estimate of drug-likeness (QED) is 0.0487. The minimum absolute atomic E-state index is 0.0644. The van der Waals surface area contributed by atoms with Crippen LogP contribution in [0.5, 0.6) is 11.8 Å². The minimum Gasteiger partial charge on any atom is -0.492 e. The fraction of sp³-hybridized carbons (Fsp3) is 0.167. The predicted molar refractivity (Wildman–Crippen MR) is 239 cm³/mol. The van der Waals surface area contributed by atoms with Crippen LogP contribution in [0.3, 0.4) is 0 Å². The first kappa shape index (κ1) is 52.9. The molecular formula is C36H34N8O20S6. The summed E-state index contributed by atoms with van der Waals surface area (Å²) < 4.78 is 192. The van der Waals surface area contributed by atoms with Crippen molar-refractivity contribution in [2.24, 2.45) is 20.5 Å². The van der Waals surface area contributed by atoms with E-state index in [2.05, 4.69) is 39.0 Å². The van der Waals surface area contributed by atoms with Gasteiger partial charge in [0, 0.05) is 11.1 Å². The highest BCUT2D eigenvalue weighted by atomic mass is 32.3. The summed E-state index contributed by atoms with van der Waals surface area (Å²) in [6.45, 7) is 1.09. The maximum atomic E-state index is 12.7. The molecule has 2 heterocycles. The van der Waals surface area contributed by atoms with Crippen LogP contribution in [0, 0.1) is 13.8 Å². The SMILES string of the molecule is Cc1nn(-c2ccc(S(=O)(=O)CCOS(=O)(=O)O)cc2)c(O)c1/N=N/c1ccc(-c2ccc(/N=N/c3c(C)nn(-c4ccc(S(=O)(=O)CCOS(=O)(=O)O)cc4)c3O)cc2S(=O)(=O)O)c(S(=O)(=O)O)c1. The van der Waals surface area contributed by atoms with Crippen LogP contribution in [-0.4, -0.2) is 123 Å². The summed E-state index contributed by atoms with van der Waals surface area (Å²) in [5, 5.41) is 45.9. The van der Waals surface area contributed by atoms with Gasteiger partial charge in [-0.1, -0.05) is 12.1 Å². The van der Waals surface area contributed by atoms with E-state index >= 15 is 0 Å². The van der Waals surface area contributed by atoms with Crippen molar-refractivity contribution >= 4 is 83.5 Å². The highest BCUT2D eigenvalue weighted by Crippen LogP contribution is 2.40. The zero-order chi connectivity index (χ0) is 51.8. The van der Waals surface area contributed by atoms with Crippen LogP contribution in [0.15, 0.2) is 125 Å². The topological polar surface area (TPSA) is 430 Å². The smallest absolute Gasteiger partial charge is 0.397 e. The Kier molecular flexibility index (Phi) is 14.9. The first-order chi connectivity index (χ1) is 32.3. The molecule has 374 valence electrons. The Balaban J connectivity index is 1.25. The first-order valence-corrected chi connectivity index (χ1v) is 27.8. The molecule has 4 aromatic carbocycles. The molecule has 0 saturated heterocycles. The van der Waals surface area contributed by atoms with Crippen LogP contribution in [0.25, 0.3) is 22.5 Å². The third-order valence-corrected chi connectivity index (χ3v) is 15.5. The number of hydrogen-bond donors (Lipinski definition) is 6. The Labute approximate surface area is 397 Å². The first-order valence-electron chi connectivity index (χ1n) is 18.9. The molecule has 6 N–H and O–H groups in total. The molecule has 0 atom stereocenters. The highest BCUT2D eigenvalue weighted by molar-refractivity contribution is 7.91. The van der Waals surface area contributed by atoms with Crippen LogP contribution < -0.4 is 0 Å². The predicted octanol–water partition coefficient (Wildman–Crippen LogP) is 4.26. The average Bonchev–Trinajstić information content (AvgIpc) is 3.71. The summed E-state index contributed by atoms with van der Waals surface area (Å²) in [5.74, 6) is -2.84. The molecule has 0 aliphatic rings. The number of rotatable bonds is 19. The number of aryl methyl sites for hydroxylation is 2. The fourth-order valence-electron chi connectivity index (χ4n) is 6.16. The number of hydrogen-bond acceptors (Lipinski definition) is 22. The molecule has 0 radical (unpaired) electrons. The van der Waals surface area contributed by atoms with Gasteiger partial charge in [-0.15, -0.1) is 10.2 Å². The van der Waals surface area contributed by atoms with E-state index in [1.807, 2.05) is 0 Å². The molecule has 0 saturated carbocycles. The van der Waals surface area contributed by atoms with Gasteiger partial charge in [-0.25, -0.2) is 25.2 Å². The van der Waals surface area contributed by atoms with Gasteiger partial charge in [-0.2, -0.15) is 63.5 Å². The zero-order valence-corrected chi connectivity index (χ0v) is 40.2. The van der Waals surface area contributed by atoms with Gasteiger partial charge >= 0.3 is 20.8 Å². The van der Waals surface area contributed by atoms with E-state index in [0.29, 0.717) is 0 Å². The Morgan fingerprint density at radius 2 is 0.814 bits per heavy atom. The maximum Gasteiger partial charge on any atom is 0.397 e. The van der Waals surface area contributed by atoms with Crippen LogP contribution in [0.1, 0.15) is 11.4 Å². The van der Waals surface area contributed by atoms with Crippen molar-refractivity contribution in [2.75, 3.05) is 24.7 Å². The Morgan fingerprint density at radius 1 is 0.486 bits per heavy atom. The van der Waals surface area contributed by atoms with Gasteiger partial charge in [0.2, 0.25) is 11.8 Å². The molecule has 0 fully saturated rings. The molecule has 34 heteroatoms. The van der Waals surface area contributed by atoms with E-state index in [1.165, 1.54) is 38.1 Å². The van der Waals surface area contributed by atoms with E-state index in [-0.39, 0.29) is 55.3 Å². The summed E-state index contributed by atoms with van der Waals surface area (Å²) in [7, 11) is -28.3. The molecule has 2 aromatic heterocycles. The van der Waals surface area contributed by atoms with Crippen LogP contribution in [0.4, 0.5) is 22.7 Å². The zero-order valence-electron chi connectivity index (χ0n) is 35.3. The molecule has 0 spiro atoms. The Bertz CT molecular complexity index is 3530. The number of aromatic nitrogens is 4. The fourth-order valence-corrected chi connectivity index (χ4v) is 10.6. The summed E-state index contributed by atoms with van der Waals surface area (Å²) in [6, 6.07) is 15.4. The van der Waals surface area contributed by atoms with Crippen molar-refractivity contribution in [3.8, 4) is 34.3 Å². The normalized spacial score (nSPS) is 13.2. The van der Waals surface area contributed by atoms with Crippen molar-refractivity contribution in [1.29, 1.82) is 0 Å². The third kappa shape index (κ3) is 12.7. The molecule has 0 bridgehead atoms. The lowest BCUT2D eigenvalue weighted by atomic mass is 10.0. The lowest BCUT2D eigenvalue weighted by molar-refractivity contribution is 0.282. The Morgan fingerprint density at radius 3 is 1.11 bits per heavy atom. The van der Waals surface area contributed by atoms with Gasteiger partial charge in [-0.3, -0.25) is 18.2 Å². The molecular weight excluding hydrogens is 1060 g/mol. The number of sulfone groups is 2. The molecule has 0 unspecified atom stereocenters. The van der Waals surface area contributed by atoms with Gasteiger partial charge in [0.05, 0.1) is 68.6 Å². The number of nitrogens with zero attached hydrogens (tertiary/aromatic N) is 8. The van der Waals surface area contributed by atoms with Crippen LogP contribution in [-0.2, 0) is 69.1 Å². The molecule has 28 nitrogen and oxygen atoms in total. The van der Waals surface area contributed by atoms with E-state index < -0.39 is 118 Å². The van der Waals surface area contributed by atoms with Crippen LogP contribution in [0.2, 0.25) is 0 Å². The van der Waals surface area contributed by atoms with Gasteiger partial charge in [0.1, 0.15) is 9.79 Å². The Hall–Kier alpha value is -6.44. The second-order valence-electron chi connectivity index (χ2n) is 14.2. The van der Waals surface area contributed by atoms with E-state index in [4.69, 9.17) is 9.11 Å². The van der Waals surface area contributed by atoms with E-state index in [9.17, 15) is 69.8 Å².